The van der Waals surface area contributed by atoms with E-state index in [0.717, 1.165) is 0 Å². The van der Waals surface area contributed by atoms with E-state index in [4.69, 9.17) is 0 Å². The van der Waals surface area contributed by atoms with Crippen molar-refractivity contribution in [1.29, 1.82) is 0 Å². The molecule has 1 fully saturated rings. The first-order chi connectivity index (χ1) is 6.48. The number of halogens is 4. The maximum absolute atomic E-state index is 12.7. The van der Waals surface area contributed by atoms with Crippen molar-refractivity contribution >= 4 is 0 Å². The van der Waals surface area contributed by atoms with Crippen molar-refractivity contribution in [3.05, 3.63) is 35.6 Å². The van der Waals surface area contributed by atoms with Gasteiger partial charge >= 0.3 is 6.18 Å². The van der Waals surface area contributed by atoms with Crippen molar-refractivity contribution in [2.45, 2.75) is 18.5 Å². The third-order valence-electron chi connectivity index (χ3n) is 2.49. The highest BCUT2D eigenvalue weighted by Crippen LogP contribution is 2.56. The second-order valence-electron chi connectivity index (χ2n) is 3.55. The van der Waals surface area contributed by atoms with Crippen molar-refractivity contribution in [2.75, 3.05) is 0 Å². The van der Waals surface area contributed by atoms with Gasteiger partial charge in [0.1, 0.15) is 5.82 Å². The van der Waals surface area contributed by atoms with E-state index in [9.17, 15) is 17.6 Å². The minimum Gasteiger partial charge on any atom is -0.207 e. The van der Waals surface area contributed by atoms with Gasteiger partial charge in [0.2, 0.25) is 0 Å². The Bertz CT molecular complexity index is 342. The molecule has 2 atom stereocenters. The van der Waals surface area contributed by atoms with Crippen molar-refractivity contribution in [3.8, 4) is 0 Å². The summed E-state index contributed by atoms with van der Waals surface area (Å²) in [7, 11) is 0. The molecule has 2 rings (SSSR count). The third kappa shape index (κ3) is 1.74. The first-order valence-corrected chi connectivity index (χ1v) is 4.30. The van der Waals surface area contributed by atoms with E-state index in [-0.39, 0.29) is 6.42 Å². The van der Waals surface area contributed by atoms with Crippen molar-refractivity contribution in [3.63, 3.8) is 0 Å². The van der Waals surface area contributed by atoms with Gasteiger partial charge in [-0.1, -0.05) is 12.1 Å². The largest absolute Gasteiger partial charge is 0.392 e. The van der Waals surface area contributed by atoms with Crippen LogP contribution in [0, 0.1) is 11.7 Å². The number of rotatable bonds is 1. The van der Waals surface area contributed by atoms with Crippen LogP contribution in [-0.2, 0) is 0 Å². The molecule has 0 nitrogen and oxygen atoms in total. The molecule has 4 heteroatoms. The minimum absolute atomic E-state index is 0.0902. The standard InChI is InChI=1S/C10H8F4/c11-7-3-1-2-6(4-7)8-5-9(8)10(12,13)14/h1-4,8-9H,5H2. The molecular weight excluding hydrogens is 196 g/mol. The molecule has 2 unspecified atom stereocenters. The van der Waals surface area contributed by atoms with Crippen molar-refractivity contribution < 1.29 is 17.6 Å². The van der Waals surface area contributed by atoms with Crippen LogP contribution in [0.3, 0.4) is 0 Å². The van der Waals surface area contributed by atoms with Crippen LogP contribution in [0.1, 0.15) is 17.9 Å². The predicted octanol–water partition coefficient (Wildman–Crippen LogP) is 3.49. The zero-order valence-corrected chi connectivity index (χ0v) is 7.18. The van der Waals surface area contributed by atoms with Gasteiger partial charge in [-0.15, -0.1) is 0 Å². The second-order valence-corrected chi connectivity index (χ2v) is 3.55. The molecule has 0 heterocycles. The molecule has 1 aromatic carbocycles. The lowest BCUT2D eigenvalue weighted by Gasteiger charge is -2.04. The summed E-state index contributed by atoms with van der Waals surface area (Å²) in [5.74, 6) is -2.29. The molecule has 0 aromatic heterocycles. The second kappa shape index (κ2) is 2.97. The van der Waals surface area contributed by atoms with Gasteiger partial charge in [0.05, 0.1) is 5.92 Å². The Morgan fingerprint density at radius 2 is 1.93 bits per heavy atom. The Kier molecular flexibility index (Phi) is 2.01. The molecule has 14 heavy (non-hydrogen) atoms. The predicted molar refractivity (Wildman–Crippen MR) is 43.3 cm³/mol. The third-order valence-corrected chi connectivity index (χ3v) is 2.49. The van der Waals surface area contributed by atoms with E-state index in [1.54, 1.807) is 6.07 Å². The van der Waals surface area contributed by atoms with E-state index >= 15 is 0 Å². The Morgan fingerprint density at radius 3 is 2.43 bits per heavy atom. The summed E-state index contributed by atoms with van der Waals surface area (Å²) in [6, 6.07) is 5.39. The summed E-state index contributed by atoms with van der Waals surface area (Å²) in [6.07, 6.45) is -4.05. The van der Waals surface area contributed by atoms with E-state index in [1.165, 1.54) is 18.2 Å². The fraction of sp³-hybridized carbons (Fsp3) is 0.400. The van der Waals surface area contributed by atoms with Crippen LogP contribution >= 0.6 is 0 Å². The van der Waals surface area contributed by atoms with Gasteiger partial charge < -0.3 is 0 Å². The van der Waals surface area contributed by atoms with Crippen LogP contribution < -0.4 is 0 Å². The zero-order chi connectivity index (χ0) is 10.3. The smallest absolute Gasteiger partial charge is 0.207 e. The highest BCUT2D eigenvalue weighted by Gasteiger charge is 2.56. The van der Waals surface area contributed by atoms with Gasteiger partial charge in [-0.3, -0.25) is 0 Å². The fourth-order valence-corrected chi connectivity index (χ4v) is 1.66. The summed E-state index contributed by atoms with van der Waals surface area (Å²) < 4.78 is 49.2. The van der Waals surface area contributed by atoms with Crippen molar-refractivity contribution in [2.24, 2.45) is 5.92 Å². The maximum Gasteiger partial charge on any atom is 0.392 e. The average Bonchev–Trinajstić information content (AvgIpc) is 2.81. The highest BCUT2D eigenvalue weighted by molar-refractivity contribution is 5.27. The van der Waals surface area contributed by atoms with E-state index in [2.05, 4.69) is 0 Å². The summed E-state index contributed by atoms with van der Waals surface area (Å²) in [4.78, 5) is 0. The van der Waals surface area contributed by atoms with E-state index in [0.29, 0.717) is 5.56 Å². The summed E-state index contributed by atoms with van der Waals surface area (Å²) in [5.41, 5.74) is 0.451. The molecule has 0 bridgehead atoms. The molecule has 0 amide bonds. The summed E-state index contributed by atoms with van der Waals surface area (Å²) in [6.45, 7) is 0. The van der Waals surface area contributed by atoms with Crippen LogP contribution in [0.25, 0.3) is 0 Å². The van der Waals surface area contributed by atoms with Gasteiger partial charge in [-0.05, 0) is 30.0 Å². The monoisotopic (exact) mass is 204 g/mol. The van der Waals surface area contributed by atoms with Crippen LogP contribution in [0.5, 0.6) is 0 Å². The topological polar surface area (TPSA) is 0 Å². The molecule has 0 N–H and O–H groups in total. The molecule has 0 aliphatic heterocycles. The number of hydrogen-bond donors (Lipinski definition) is 0. The van der Waals surface area contributed by atoms with Gasteiger partial charge in [0.25, 0.3) is 0 Å². The molecule has 0 spiro atoms. The molecule has 1 aromatic rings. The van der Waals surface area contributed by atoms with Gasteiger partial charge in [0.15, 0.2) is 0 Å². The molecule has 1 aliphatic carbocycles. The fourth-order valence-electron chi connectivity index (χ4n) is 1.66. The SMILES string of the molecule is Fc1cccc(C2CC2C(F)(F)F)c1. The number of hydrogen-bond acceptors (Lipinski definition) is 0. The quantitative estimate of drug-likeness (QED) is 0.614. The minimum atomic E-state index is -4.14. The molecule has 0 saturated heterocycles. The van der Waals surface area contributed by atoms with E-state index in [1.807, 2.05) is 0 Å². The Balaban J connectivity index is 2.14. The van der Waals surface area contributed by atoms with E-state index < -0.39 is 23.8 Å². The zero-order valence-electron chi connectivity index (χ0n) is 7.18. The Hall–Kier alpha value is -1.06. The lowest BCUT2D eigenvalue weighted by molar-refractivity contribution is -0.148. The first kappa shape index (κ1) is 9.49. The molecule has 0 radical (unpaired) electrons. The molecule has 1 saturated carbocycles. The van der Waals surface area contributed by atoms with Gasteiger partial charge in [0, 0.05) is 0 Å². The van der Waals surface area contributed by atoms with Gasteiger partial charge in [-0.2, -0.15) is 13.2 Å². The molecule has 76 valence electrons. The van der Waals surface area contributed by atoms with Crippen molar-refractivity contribution in [1.82, 2.24) is 0 Å². The molecule has 1 aliphatic rings. The van der Waals surface area contributed by atoms with Gasteiger partial charge in [-0.25, -0.2) is 4.39 Å². The summed E-state index contributed by atoms with van der Waals surface area (Å²) in [5, 5.41) is 0. The van der Waals surface area contributed by atoms with Crippen LogP contribution in [0.4, 0.5) is 17.6 Å². The molecular formula is C10H8F4. The lowest BCUT2D eigenvalue weighted by Crippen LogP contribution is -2.11. The first-order valence-electron chi connectivity index (χ1n) is 4.30. The lowest BCUT2D eigenvalue weighted by atomic mass is 10.1. The Morgan fingerprint density at radius 1 is 1.21 bits per heavy atom. The normalized spacial score (nSPS) is 26.3. The number of alkyl halides is 3. The Labute approximate surface area is 78.5 Å². The summed E-state index contributed by atoms with van der Waals surface area (Å²) >= 11 is 0. The number of benzene rings is 1. The van der Waals surface area contributed by atoms with Crippen LogP contribution in [0.15, 0.2) is 24.3 Å². The van der Waals surface area contributed by atoms with Crippen LogP contribution in [0.2, 0.25) is 0 Å². The average molecular weight is 204 g/mol. The highest BCUT2D eigenvalue weighted by atomic mass is 19.4. The van der Waals surface area contributed by atoms with Crippen LogP contribution in [-0.4, -0.2) is 6.18 Å². The maximum atomic E-state index is 12.7.